The monoisotopic (exact) mass is 323 g/mol. The molecule has 1 N–H and O–H groups in total. The molecule has 0 spiro atoms. The number of hydrogen-bond donors (Lipinski definition) is 1. The zero-order valence-electron chi connectivity index (χ0n) is 12.6. The SMILES string of the molecule is c1ccc(NC2CCN(c3nnc(-c4ccccn4)s3)C2)cc1. The van der Waals surface area contributed by atoms with E-state index >= 15 is 0 Å². The molecule has 1 aromatic carbocycles. The van der Waals surface area contributed by atoms with Gasteiger partial charge in [-0.25, -0.2) is 0 Å². The van der Waals surface area contributed by atoms with Crippen molar-refractivity contribution in [3.8, 4) is 10.7 Å². The molecular weight excluding hydrogens is 306 g/mol. The average molecular weight is 323 g/mol. The van der Waals surface area contributed by atoms with Gasteiger partial charge in [-0.1, -0.05) is 35.6 Å². The first-order chi connectivity index (χ1) is 11.4. The van der Waals surface area contributed by atoms with Crippen molar-refractivity contribution in [3.63, 3.8) is 0 Å². The first-order valence-corrected chi connectivity index (χ1v) is 8.51. The Hall–Kier alpha value is -2.47. The van der Waals surface area contributed by atoms with Crippen molar-refractivity contribution >= 4 is 22.2 Å². The van der Waals surface area contributed by atoms with E-state index < -0.39 is 0 Å². The fourth-order valence-corrected chi connectivity index (χ4v) is 3.61. The molecular formula is C17H17N5S. The van der Waals surface area contributed by atoms with Gasteiger partial charge in [-0.3, -0.25) is 4.98 Å². The highest BCUT2D eigenvalue weighted by molar-refractivity contribution is 7.18. The summed E-state index contributed by atoms with van der Waals surface area (Å²) in [7, 11) is 0. The Morgan fingerprint density at radius 1 is 1.04 bits per heavy atom. The number of hydrogen-bond acceptors (Lipinski definition) is 6. The van der Waals surface area contributed by atoms with E-state index in [2.05, 4.69) is 49.7 Å². The molecule has 0 saturated carbocycles. The highest BCUT2D eigenvalue weighted by Crippen LogP contribution is 2.29. The van der Waals surface area contributed by atoms with Gasteiger partial charge in [0.15, 0.2) is 5.01 Å². The van der Waals surface area contributed by atoms with Crippen molar-refractivity contribution < 1.29 is 0 Å². The molecule has 1 unspecified atom stereocenters. The van der Waals surface area contributed by atoms with E-state index in [1.807, 2.05) is 24.3 Å². The van der Waals surface area contributed by atoms with Crippen LogP contribution < -0.4 is 10.2 Å². The summed E-state index contributed by atoms with van der Waals surface area (Å²) in [5.41, 5.74) is 2.06. The first-order valence-electron chi connectivity index (χ1n) is 7.70. The summed E-state index contributed by atoms with van der Waals surface area (Å²) in [6.45, 7) is 1.95. The van der Waals surface area contributed by atoms with E-state index in [0.29, 0.717) is 6.04 Å². The van der Waals surface area contributed by atoms with Gasteiger partial charge in [0.2, 0.25) is 5.13 Å². The summed E-state index contributed by atoms with van der Waals surface area (Å²) >= 11 is 1.61. The fraction of sp³-hybridized carbons (Fsp3) is 0.235. The predicted molar refractivity (Wildman–Crippen MR) is 93.8 cm³/mol. The van der Waals surface area contributed by atoms with Crippen molar-refractivity contribution in [2.75, 3.05) is 23.3 Å². The minimum atomic E-state index is 0.444. The van der Waals surface area contributed by atoms with Gasteiger partial charge in [-0.2, -0.15) is 0 Å². The standard InChI is InChI=1S/C17H17N5S/c1-2-6-13(7-3-1)19-14-9-11-22(12-14)17-21-20-16(23-17)15-8-4-5-10-18-15/h1-8,10,14,19H,9,11-12H2. The van der Waals surface area contributed by atoms with Gasteiger partial charge >= 0.3 is 0 Å². The maximum atomic E-state index is 4.34. The van der Waals surface area contributed by atoms with Crippen LogP contribution in [0.5, 0.6) is 0 Å². The molecule has 1 aliphatic rings. The van der Waals surface area contributed by atoms with Crippen molar-refractivity contribution in [1.82, 2.24) is 15.2 Å². The zero-order chi connectivity index (χ0) is 15.5. The Morgan fingerprint density at radius 3 is 2.74 bits per heavy atom. The quantitative estimate of drug-likeness (QED) is 0.798. The van der Waals surface area contributed by atoms with Crippen LogP contribution in [0.2, 0.25) is 0 Å². The Morgan fingerprint density at radius 2 is 1.91 bits per heavy atom. The highest BCUT2D eigenvalue weighted by atomic mass is 32.1. The van der Waals surface area contributed by atoms with Gasteiger partial charge in [0.1, 0.15) is 5.69 Å². The maximum Gasteiger partial charge on any atom is 0.208 e. The third kappa shape index (κ3) is 3.17. The van der Waals surface area contributed by atoms with Gasteiger partial charge in [0.05, 0.1) is 0 Å². The van der Waals surface area contributed by atoms with E-state index in [4.69, 9.17) is 0 Å². The van der Waals surface area contributed by atoms with Crippen LogP contribution in [0.15, 0.2) is 54.7 Å². The highest BCUT2D eigenvalue weighted by Gasteiger charge is 2.25. The van der Waals surface area contributed by atoms with E-state index in [1.165, 1.54) is 5.69 Å². The number of anilines is 2. The number of nitrogens with one attached hydrogen (secondary N) is 1. The van der Waals surface area contributed by atoms with Gasteiger partial charge < -0.3 is 10.2 Å². The van der Waals surface area contributed by atoms with Crippen LogP contribution in [0.3, 0.4) is 0 Å². The molecule has 6 heteroatoms. The molecule has 1 saturated heterocycles. The first kappa shape index (κ1) is 14.1. The van der Waals surface area contributed by atoms with E-state index in [1.54, 1.807) is 17.5 Å². The molecule has 3 aromatic rings. The largest absolute Gasteiger partial charge is 0.380 e. The summed E-state index contributed by atoms with van der Waals surface area (Å²) in [6.07, 6.45) is 2.89. The maximum absolute atomic E-state index is 4.34. The Balaban J connectivity index is 1.43. The normalized spacial score (nSPS) is 17.4. The molecule has 1 atom stereocenters. The summed E-state index contributed by atoms with van der Waals surface area (Å²) in [5, 5.41) is 14.1. The van der Waals surface area contributed by atoms with Crippen molar-refractivity contribution in [1.29, 1.82) is 0 Å². The van der Waals surface area contributed by atoms with Crippen molar-refractivity contribution in [2.24, 2.45) is 0 Å². The molecule has 0 bridgehead atoms. The number of benzene rings is 1. The molecule has 5 nitrogen and oxygen atoms in total. The summed E-state index contributed by atoms with van der Waals surface area (Å²) in [5.74, 6) is 0. The van der Waals surface area contributed by atoms with Gasteiger partial charge in [0, 0.05) is 31.0 Å². The number of para-hydroxylation sites is 1. The minimum Gasteiger partial charge on any atom is -0.380 e. The summed E-state index contributed by atoms with van der Waals surface area (Å²) in [6, 6.07) is 16.6. The second kappa shape index (κ2) is 6.34. The predicted octanol–water partition coefficient (Wildman–Crippen LogP) is 3.29. The third-order valence-corrected chi connectivity index (χ3v) is 4.91. The Kier molecular flexibility index (Phi) is 3.90. The molecule has 4 rings (SSSR count). The molecule has 116 valence electrons. The third-order valence-electron chi connectivity index (χ3n) is 3.90. The van der Waals surface area contributed by atoms with Crippen molar-refractivity contribution in [3.05, 3.63) is 54.7 Å². The van der Waals surface area contributed by atoms with Crippen LogP contribution in [0, 0.1) is 0 Å². The molecule has 1 fully saturated rings. The molecule has 2 aromatic heterocycles. The second-order valence-corrected chi connectivity index (χ2v) is 6.50. The van der Waals surface area contributed by atoms with Gasteiger partial charge in [-0.05, 0) is 30.7 Å². The van der Waals surface area contributed by atoms with Crippen molar-refractivity contribution in [2.45, 2.75) is 12.5 Å². The minimum absolute atomic E-state index is 0.444. The second-order valence-electron chi connectivity index (χ2n) is 5.55. The summed E-state index contributed by atoms with van der Waals surface area (Å²) in [4.78, 5) is 6.63. The number of aromatic nitrogens is 3. The molecule has 23 heavy (non-hydrogen) atoms. The van der Waals surface area contributed by atoms with E-state index in [-0.39, 0.29) is 0 Å². The topological polar surface area (TPSA) is 53.9 Å². The number of nitrogens with zero attached hydrogens (tertiary/aromatic N) is 4. The van der Waals surface area contributed by atoms with Crippen LogP contribution in [0.1, 0.15) is 6.42 Å². The lowest BCUT2D eigenvalue weighted by Gasteiger charge is -2.16. The average Bonchev–Trinajstić information content (AvgIpc) is 3.26. The number of pyridine rings is 1. The molecule has 3 heterocycles. The zero-order valence-corrected chi connectivity index (χ0v) is 13.4. The van der Waals surface area contributed by atoms with E-state index in [9.17, 15) is 0 Å². The van der Waals surface area contributed by atoms with Crippen LogP contribution >= 0.6 is 11.3 Å². The fourth-order valence-electron chi connectivity index (χ4n) is 2.76. The molecule has 1 aliphatic heterocycles. The van der Waals surface area contributed by atoms with E-state index in [0.717, 1.165) is 35.3 Å². The summed E-state index contributed by atoms with van der Waals surface area (Å²) < 4.78 is 0. The Bertz CT molecular complexity index is 759. The molecule has 0 amide bonds. The van der Waals surface area contributed by atoms with Gasteiger partial charge in [0.25, 0.3) is 0 Å². The molecule has 0 aliphatic carbocycles. The van der Waals surface area contributed by atoms with Gasteiger partial charge in [-0.15, -0.1) is 10.2 Å². The van der Waals surface area contributed by atoms with Crippen LogP contribution in [0.4, 0.5) is 10.8 Å². The smallest absolute Gasteiger partial charge is 0.208 e. The lowest BCUT2D eigenvalue weighted by molar-refractivity contribution is 0.806. The van der Waals surface area contributed by atoms with Crippen LogP contribution in [-0.2, 0) is 0 Å². The Labute approximate surface area is 139 Å². The molecule has 0 radical (unpaired) electrons. The van der Waals surface area contributed by atoms with Crippen LogP contribution in [0.25, 0.3) is 10.7 Å². The number of rotatable bonds is 4. The lowest BCUT2D eigenvalue weighted by atomic mass is 10.2. The lowest BCUT2D eigenvalue weighted by Crippen LogP contribution is -2.25. The van der Waals surface area contributed by atoms with Crippen LogP contribution in [-0.4, -0.2) is 34.3 Å².